The molecule has 13 N–H and O–H groups in total. The molecule has 9 rings (SSSR count). The first kappa shape index (κ1) is 58.1. The van der Waals surface area contributed by atoms with Gasteiger partial charge in [-0.05, 0) is 111 Å². The first-order valence-corrected chi connectivity index (χ1v) is 27.3. The van der Waals surface area contributed by atoms with E-state index in [1.165, 1.54) is 12.5 Å². The first-order chi connectivity index (χ1) is 35.1. The van der Waals surface area contributed by atoms with E-state index in [0.29, 0.717) is 38.5 Å². The van der Waals surface area contributed by atoms with E-state index in [9.17, 15) is 66.4 Å². The van der Waals surface area contributed by atoms with E-state index in [1.807, 2.05) is 6.92 Å². The monoisotopic (exact) mass is 1070 g/mol. The maximum absolute atomic E-state index is 15.1. The number of carbonyl (C=O) groups excluding carboxylic acids is 1. The summed E-state index contributed by atoms with van der Waals surface area (Å²) in [6.07, 6.45) is -21.1. The number of rotatable bonds is 11. The fourth-order valence-corrected chi connectivity index (χ4v) is 16.1. The molecule has 430 valence electrons. The lowest BCUT2D eigenvalue weighted by Gasteiger charge is -2.71. The Labute approximate surface area is 437 Å². The Balaban J connectivity index is 0.898. The van der Waals surface area contributed by atoms with Gasteiger partial charge in [-0.2, -0.15) is 0 Å². The largest absolute Gasteiger partial charge is 0.432 e. The van der Waals surface area contributed by atoms with Crippen molar-refractivity contribution in [2.45, 2.75) is 235 Å². The molecule has 4 saturated carbocycles. The third kappa shape index (κ3) is 9.50. The molecular formula is C53H86O22. The Kier molecular flexibility index (Phi) is 16.3. The van der Waals surface area contributed by atoms with Gasteiger partial charge in [0.1, 0.15) is 85.5 Å². The predicted molar refractivity (Wildman–Crippen MR) is 257 cm³/mol. The Bertz CT molecular complexity index is 2060. The molecule has 0 spiro atoms. The van der Waals surface area contributed by atoms with Crippen LogP contribution in [0.4, 0.5) is 0 Å². The molecule has 0 bridgehead atoms. The third-order valence-electron chi connectivity index (χ3n) is 21.1. The average Bonchev–Trinajstić information content (AvgIpc) is 3.37. The van der Waals surface area contributed by atoms with Gasteiger partial charge < -0.3 is 104 Å². The van der Waals surface area contributed by atoms with E-state index in [0.717, 1.165) is 25.7 Å². The van der Waals surface area contributed by atoms with Crippen LogP contribution in [-0.2, 0) is 42.7 Å². The Morgan fingerprint density at radius 2 is 1.28 bits per heavy atom. The molecule has 75 heavy (non-hydrogen) atoms. The summed E-state index contributed by atoms with van der Waals surface area (Å²) >= 11 is 0. The SMILES string of the molecule is C[C@@H]1O[C@@H](O[C@H]2[C@H](O)[C@@H](O)[C@H](OC[C@H]3O[C@@H](OC(=O)[C@]45CCC(C)(C)CC4C4=CCC6[C@@]7(C)CC[C@H](O[C@@H]8OC[C@H](O)[C@H](O)[C@H]8O)[C@@](C)(CO)[C@@H]7CC[C@@]6(C)[C@]4(C)CC5)[C@H](O)[C@@H](O)[C@@H]3O)O[C@@H]2CO)[C@H](O)[C@H](O)[C@H]1O. The lowest BCUT2D eigenvalue weighted by Crippen LogP contribution is -2.67. The molecule has 22 nitrogen and oxygen atoms in total. The van der Waals surface area contributed by atoms with Crippen molar-refractivity contribution in [3.63, 3.8) is 0 Å². The second-order valence-electron chi connectivity index (χ2n) is 25.7. The van der Waals surface area contributed by atoms with Crippen molar-refractivity contribution in [2.75, 3.05) is 26.4 Å². The normalized spacial score (nSPS) is 54.8. The molecule has 4 aliphatic heterocycles. The van der Waals surface area contributed by atoms with Crippen LogP contribution in [0.1, 0.15) is 113 Å². The van der Waals surface area contributed by atoms with Gasteiger partial charge in [-0.1, -0.05) is 53.2 Å². The van der Waals surface area contributed by atoms with Crippen LogP contribution in [0, 0.1) is 50.2 Å². The summed E-state index contributed by atoms with van der Waals surface area (Å²) in [6, 6.07) is 0. The van der Waals surface area contributed by atoms with Gasteiger partial charge in [0, 0.05) is 5.41 Å². The highest BCUT2D eigenvalue weighted by atomic mass is 16.8. The molecule has 5 aliphatic carbocycles. The fourth-order valence-electron chi connectivity index (χ4n) is 16.1. The minimum absolute atomic E-state index is 0.0319. The van der Waals surface area contributed by atoms with Crippen LogP contribution in [0.25, 0.3) is 0 Å². The Morgan fingerprint density at radius 1 is 0.640 bits per heavy atom. The van der Waals surface area contributed by atoms with Crippen LogP contribution in [0.2, 0.25) is 0 Å². The van der Waals surface area contributed by atoms with E-state index in [1.54, 1.807) is 0 Å². The molecule has 4 heterocycles. The molecule has 4 saturated heterocycles. The van der Waals surface area contributed by atoms with E-state index in [4.69, 9.17) is 37.9 Å². The van der Waals surface area contributed by atoms with Crippen molar-refractivity contribution < 1.29 is 109 Å². The molecule has 2 unspecified atom stereocenters. The average molecular weight is 1080 g/mol. The number of fused-ring (bicyclic) bond motifs is 7. The van der Waals surface area contributed by atoms with Gasteiger partial charge in [0.2, 0.25) is 6.29 Å². The zero-order chi connectivity index (χ0) is 54.7. The molecule has 0 aromatic heterocycles. The van der Waals surface area contributed by atoms with Crippen molar-refractivity contribution >= 4 is 5.97 Å². The van der Waals surface area contributed by atoms with E-state index >= 15 is 4.79 Å². The summed E-state index contributed by atoms with van der Waals surface area (Å²) in [7, 11) is 0. The van der Waals surface area contributed by atoms with E-state index < -0.39 is 153 Å². The molecular weight excluding hydrogens is 989 g/mol. The van der Waals surface area contributed by atoms with Crippen molar-refractivity contribution in [1.29, 1.82) is 0 Å². The van der Waals surface area contributed by atoms with Gasteiger partial charge >= 0.3 is 5.97 Å². The number of carbonyl (C=O) groups is 1. The summed E-state index contributed by atoms with van der Waals surface area (Å²) in [5.74, 6) is -0.615. The second-order valence-corrected chi connectivity index (χ2v) is 25.7. The zero-order valence-corrected chi connectivity index (χ0v) is 44.2. The fraction of sp³-hybridized carbons (Fsp3) is 0.943. The number of esters is 1. The van der Waals surface area contributed by atoms with Gasteiger partial charge in [-0.15, -0.1) is 0 Å². The smallest absolute Gasteiger partial charge is 0.315 e. The van der Waals surface area contributed by atoms with Gasteiger partial charge in [-0.3, -0.25) is 4.79 Å². The van der Waals surface area contributed by atoms with Gasteiger partial charge in [0.15, 0.2) is 18.9 Å². The predicted octanol–water partition coefficient (Wildman–Crippen LogP) is -1.40. The molecule has 22 heteroatoms. The number of aliphatic hydroxyl groups excluding tert-OH is 13. The van der Waals surface area contributed by atoms with Gasteiger partial charge in [-0.25, -0.2) is 0 Å². The molecule has 0 radical (unpaired) electrons. The van der Waals surface area contributed by atoms with Crippen molar-refractivity contribution in [1.82, 2.24) is 0 Å². The Morgan fingerprint density at radius 3 is 1.97 bits per heavy atom. The van der Waals surface area contributed by atoms with E-state index in [2.05, 4.69) is 40.7 Å². The molecule has 9 aliphatic rings. The zero-order valence-electron chi connectivity index (χ0n) is 44.2. The lowest BCUT2D eigenvalue weighted by atomic mass is 9.33. The summed E-state index contributed by atoms with van der Waals surface area (Å²) in [5, 5.41) is 139. The second kappa shape index (κ2) is 21.1. The van der Waals surface area contributed by atoms with Crippen molar-refractivity contribution in [3.05, 3.63) is 11.6 Å². The molecule has 0 amide bonds. The molecule has 0 aromatic carbocycles. The topological polar surface area (TPSA) is 354 Å². The first-order valence-electron chi connectivity index (χ1n) is 27.3. The summed E-state index contributed by atoms with van der Waals surface area (Å²) in [6.45, 7) is 13.2. The minimum Gasteiger partial charge on any atom is -0.432 e. The van der Waals surface area contributed by atoms with Crippen LogP contribution in [0.15, 0.2) is 11.6 Å². The maximum atomic E-state index is 15.1. The van der Waals surface area contributed by atoms with Crippen LogP contribution in [0.5, 0.6) is 0 Å². The third-order valence-corrected chi connectivity index (χ3v) is 21.1. The number of hydrogen-bond donors (Lipinski definition) is 13. The highest BCUT2D eigenvalue weighted by molar-refractivity contribution is 5.79. The highest BCUT2D eigenvalue weighted by Crippen LogP contribution is 2.76. The Hall–Kier alpha value is -1.59. The van der Waals surface area contributed by atoms with Gasteiger partial charge in [0.25, 0.3) is 0 Å². The lowest BCUT2D eigenvalue weighted by molar-refractivity contribution is -0.361. The minimum atomic E-state index is -1.87. The molecule has 28 atom stereocenters. The highest BCUT2D eigenvalue weighted by Gasteiger charge is 2.70. The number of aliphatic hydroxyl groups is 13. The summed E-state index contributed by atoms with van der Waals surface area (Å²) in [4.78, 5) is 15.1. The van der Waals surface area contributed by atoms with E-state index in [-0.39, 0.29) is 52.6 Å². The summed E-state index contributed by atoms with van der Waals surface area (Å²) in [5.41, 5.74) is -1.46. The van der Waals surface area contributed by atoms with Crippen LogP contribution >= 0.6 is 0 Å². The van der Waals surface area contributed by atoms with Crippen LogP contribution in [-0.4, -0.2) is 222 Å². The quantitative estimate of drug-likeness (QED) is 0.0643. The standard InChI is InChI=1S/C53H86O22/c1-23-32(57)35(60)39(64)45(70-23)74-42-27(19-54)71-43(41(66)37(42)62)69-21-28-34(59)36(61)40(65)46(72-28)75-47(67)53-16-14-48(2,3)18-25(53)24-8-9-30-49(4)12-11-31(73-44-38(63)33(58)26(56)20-68-44)50(5,22-55)29(49)10-13-52(30,7)51(24,6)15-17-53/h8,23,25-46,54-66H,9-22H2,1-7H3/t23-,25?,26-,27+,28+,29+,30?,31-,32-,33-,34+,35+,36-,37+,38+,39+,40+,41+,42+,43+,44-,45-,46-,49-,50-,51+,52+,53-/m0/s1. The van der Waals surface area contributed by atoms with Crippen LogP contribution < -0.4 is 0 Å². The summed E-state index contributed by atoms with van der Waals surface area (Å²) < 4.78 is 47.0. The maximum Gasteiger partial charge on any atom is 0.315 e. The van der Waals surface area contributed by atoms with Crippen LogP contribution in [0.3, 0.4) is 0 Å². The molecule has 0 aromatic rings. The number of ether oxygens (including phenoxy) is 8. The van der Waals surface area contributed by atoms with Crippen molar-refractivity contribution in [2.24, 2.45) is 50.2 Å². The number of allylic oxidation sites excluding steroid dienone is 2. The number of hydrogen-bond acceptors (Lipinski definition) is 22. The molecule has 8 fully saturated rings. The van der Waals surface area contributed by atoms with Crippen molar-refractivity contribution in [3.8, 4) is 0 Å². The van der Waals surface area contributed by atoms with Gasteiger partial charge in [0.05, 0.1) is 44.1 Å².